The van der Waals surface area contributed by atoms with Crippen molar-refractivity contribution in [2.75, 3.05) is 0 Å². The van der Waals surface area contributed by atoms with E-state index in [1.807, 2.05) is 0 Å². The minimum absolute atomic E-state index is 0.547. The summed E-state index contributed by atoms with van der Waals surface area (Å²) < 4.78 is 0. The van der Waals surface area contributed by atoms with Gasteiger partial charge < -0.3 is 4.79 Å². The van der Waals surface area contributed by atoms with Crippen molar-refractivity contribution in [2.24, 2.45) is 0 Å². The van der Waals surface area contributed by atoms with Crippen molar-refractivity contribution in [1.29, 1.82) is 0 Å². The highest BCUT2D eigenvalue weighted by Crippen LogP contribution is 2.39. The molecule has 1 aliphatic rings. The molecule has 12 heavy (non-hydrogen) atoms. The summed E-state index contributed by atoms with van der Waals surface area (Å²) >= 11 is 0. The van der Waals surface area contributed by atoms with Crippen molar-refractivity contribution < 1.29 is 4.79 Å². The van der Waals surface area contributed by atoms with Gasteiger partial charge in [0.25, 0.3) is 0 Å². The molecule has 0 heterocycles. The van der Waals surface area contributed by atoms with Crippen LogP contribution >= 0.6 is 0 Å². The molecule has 1 heteroatoms. The van der Waals surface area contributed by atoms with E-state index >= 15 is 0 Å². The molecule has 0 bridgehead atoms. The average Bonchev–Trinajstić information content (AvgIpc) is 2.89. The molecule has 1 saturated carbocycles. The number of hydrogen-bond acceptors (Lipinski definition) is 1. The molecule has 1 fully saturated rings. The summed E-state index contributed by atoms with van der Waals surface area (Å²) in [6, 6.07) is 8.41. The largest absolute Gasteiger partial charge is 0.303 e. The van der Waals surface area contributed by atoms with E-state index in [0.717, 1.165) is 17.8 Å². The maximum Gasteiger partial charge on any atom is 0.124 e. The summed E-state index contributed by atoms with van der Waals surface area (Å²) in [5, 5.41) is 0. The van der Waals surface area contributed by atoms with E-state index in [4.69, 9.17) is 0 Å². The van der Waals surface area contributed by atoms with E-state index in [0.29, 0.717) is 6.42 Å². The molecule has 0 N–H and O–H groups in total. The van der Waals surface area contributed by atoms with Crippen LogP contribution in [0, 0.1) is 0 Å². The quantitative estimate of drug-likeness (QED) is 0.620. The second-order valence-corrected chi connectivity index (χ2v) is 3.39. The summed E-state index contributed by atoms with van der Waals surface area (Å²) in [6.07, 6.45) is 4.18. The first kappa shape index (κ1) is 7.53. The maximum absolute atomic E-state index is 10.2. The molecule has 1 aliphatic carbocycles. The van der Waals surface area contributed by atoms with E-state index < -0.39 is 0 Å². The predicted molar refractivity (Wildman–Crippen MR) is 48.2 cm³/mol. The van der Waals surface area contributed by atoms with Crippen LogP contribution in [0.2, 0.25) is 0 Å². The molecule has 62 valence electrons. The molecule has 0 aliphatic heterocycles. The predicted octanol–water partition coefficient (Wildman–Crippen LogP) is 2.31. The maximum atomic E-state index is 10.2. The summed E-state index contributed by atoms with van der Waals surface area (Å²) in [4.78, 5) is 10.2. The fourth-order valence-corrected chi connectivity index (χ4v) is 1.44. The van der Waals surface area contributed by atoms with Gasteiger partial charge in [0.1, 0.15) is 6.29 Å². The molecule has 0 aromatic heterocycles. The SMILES string of the molecule is O=CCc1ccc(C2CC2)cc1. The molecule has 0 unspecified atom stereocenters. The lowest BCUT2D eigenvalue weighted by atomic mass is 10.1. The summed E-state index contributed by atoms with van der Waals surface area (Å²) in [5.74, 6) is 0.815. The topological polar surface area (TPSA) is 17.1 Å². The van der Waals surface area contributed by atoms with Crippen LogP contribution in [0.5, 0.6) is 0 Å². The fourth-order valence-electron chi connectivity index (χ4n) is 1.44. The molecule has 1 nitrogen and oxygen atoms in total. The Kier molecular flexibility index (Phi) is 1.94. The molecule has 0 radical (unpaired) electrons. The van der Waals surface area contributed by atoms with E-state index in [1.165, 1.54) is 18.4 Å². The number of rotatable bonds is 3. The van der Waals surface area contributed by atoms with Gasteiger partial charge in [-0.3, -0.25) is 0 Å². The van der Waals surface area contributed by atoms with Crippen LogP contribution in [-0.2, 0) is 11.2 Å². The normalized spacial score (nSPS) is 16.0. The van der Waals surface area contributed by atoms with Crippen LogP contribution in [0.1, 0.15) is 29.9 Å². The molecule has 1 aromatic carbocycles. The van der Waals surface area contributed by atoms with Crippen LogP contribution in [0.4, 0.5) is 0 Å². The highest BCUT2D eigenvalue weighted by molar-refractivity contribution is 5.54. The third-order valence-corrected chi connectivity index (χ3v) is 2.35. The zero-order chi connectivity index (χ0) is 8.39. The Bertz CT molecular complexity index is 270. The first-order valence-electron chi connectivity index (χ1n) is 4.42. The van der Waals surface area contributed by atoms with Crippen LogP contribution in [0.25, 0.3) is 0 Å². The van der Waals surface area contributed by atoms with Crippen LogP contribution in [0.3, 0.4) is 0 Å². The Balaban J connectivity index is 2.12. The molecular weight excluding hydrogens is 148 g/mol. The van der Waals surface area contributed by atoms with Gasteiger partial charge in [-0.25, -0.2) is 0 Å². The van der Waals surface area contributed by atoms with Gasteiger partial charge in [0.05, 0.1) is 0 Å². The molecule has 0 atom stereocenters. The molecule has 0 spiro atoms. The van der Waals surface area contributed by atoms with Gasteiger partial charge in [-0.15, -0.1) is 0 Å². The third-order valence-electron chi connectivity index (χ3n) is 2.35. The van der Waals surface area contributed by atoms with Gasteiger partial charge in [0.2, 0.25) is 0 Å². The van der Waals surface area contributed by atoms with Crippen LogP contribution in [-0.4, -0.2) is 6.29 Å². The van der Waals surface area contributed by atoms with Crippen LogP contribution in [0.15, 0.2) is 24.3 Å². The lowest BCUT2D eigenvalue weighted by Crippen LogP contribution is -1.86. The van der Waals surface area contributed by atoms with Crippen LogP contribution < -0.4 is 0 Å². The summed E-state index contributed by atoms with van der Waals surface area (Å²) in [6.45, 7) is 0. The summed E-state index contributed by atoms with van der Waals surface area (Å²) in [5.41, 5.74) is 2.55. The Morgan fingerprint density at radius 2 is 1.92 bits per heavy atom. The van der Waals surface area contributed by atoms with Crippen molar-refractivity contribution in [3.05, 3.63) is 35.4 Å². The third kappa shape index (κ3) is 1.55. The number of hydrogen-bond donors (Lipinski definition) is 0. The van der Waals surface area contributed by atoms with E-state index in [1.54, 1.807) is 0 Å². The van der Waals surface area contributed by atoms with Crippen molar-refractivity contribution in [2.45, 2.75) is 25.2 Å². The fraction of sp³-hybridized carbons (Fsp3) is 0.364. The minimum atomic E-state index is 0.547. The van der Waals surface area contributed by atoms with Gasteiger partial charge >= 0.3 is 0 Å². The number of benzene rings is 1. The van der Waals surface area contributed by atoms with E-state index in [2.05, 4.69) is 24.3 Å². The average molecular weight is 160 g/mol. The van der Waals surface area contributed by atoms with Gasteiger partial charge in [-0.05, 0) is 29.9 Å². The molecule has 1 aromatic rings. The van der Waals surface area contributed by atoms with Crippen molar-refractivity contribution in [1.82, 2.24) is 0 Å². The molecule has 0 saturated heterocycles. The highest BCUT2D eigenvalue weighted by atomic mass is 16.1. The monoisotopic (exact) mass is 160 g/mol. The Hall–Kier alpha value is -1.11. The van der Waals surface area contributed by atoms with Gasteiger partial charge in [0, 0.05) is 6.42 Å². The van der Waals surface area contributed by atoms with Crippen molar-refractivity contribution >= 4 is 6.29 Å². The lowest BCUT2D eigenvalue weighted by molar-refractivity contribution is -0.107. The summed E-state index contributed by atoms with van der Waals surface area (Å²) in [7, 11) is 0. The van der Waals surface area contributed by atoms with Gasteiger partial charge in [-0.1, -0.05) is 24.3 Å². The molecule has 0 amide bonds. The van der Waals surface area contributed by atoms with Crippen molar-refractivity contribution in [3.63, 3.8) is 0 Å². The Labute approximate surface area is 72.4 Å². The zero-order valence-electron chi connectivity index (χ0n) is 6.99. The number of aldehydes is 1. The number of carbonyl (C=O) groups excluding carboxylic acids is 1. The standard InChI is InChI=1S/C11H12O/c12-8-7-9-1-3-10(4-2-9)11-5-6-11/h1-4,8,11H,5-7H2. The first-order valence-corrected chi connectivity index (χ1v) is 4.42. The second-order valence-electron chi connectivity index (χ2n) is 3.39. The molecular formula is C11H12O. The first-order chi connectivity index (χ1) is 5.90. The zero-order valence-corrected chi connectivity index (χ0v) is 6.99. The Morgan fingerprint density at radius 1 is 1.25 bits per heavy atom. The second kappa shape index (κ2) is 3.10. The van der Waals surface area contributed by atoms with Gasteiger partial charge in [0.15, 0.2) is 0 Å². The van der Waals surface area contributed by atoms with Crippen molar-refractivity contribution in [3.8, 4) is 0 Å². The van der Waals surface area contributed by atoms with Gasteiger partial charge in [-0.2, -0.15) is 0 Å². The molecule has 2 rings (SSSR count). The Morgan fingerprint density at radius 3 is 2.42 bits per heavy atom. The lowest BCUT2D eigenvalue weighted by Gasteiger charge is -1.98. The van der Waals surface area contributed by atoms with E-state index in [-0.39, 0.29) is 0 Å². The smallest absolute Gasteiger partial charge is 0.124 e. The number of carbonyl (C=O) groups is 1. The van der Waals surface area contributed by atoms with E-state index in [9.17, 15) is 4.79 Å². The highest BCUT2D eigenvalue weighted by Gasteiger charge is 2.22. The minimum Gasteiger partial charge on any atom is -0.303 e.